The van der Waals surface area contributed by atoms with Gasteiger partial charge in [-0.25, -0.2) is 0 Å². The second-order valence-corrected chi connectivity index (χ2v) is 9.28. The van der Waals surface area contributed by atoms with Crippen LogP contribution >= 0.6 is 31.9 Å². The van der Waals surface area contributed by atoms with Gasteiger partial charge in [0.25, 0.3) is 11.8 Å². The maximum absolute atomic E-state index is 12.5. The second kappa shape index (κ2) is 12.4. The van der Waals surface area contributed by atoms with Crippen LogP contribution in [0.3, 0.4) is 0 Å². The van der Waals surface area contributed by atoms with Crippen molar-refractivity contribution in [3.8, 4) is 17.2 Å². The van der Waals surface area contributed by atoms with Gasteiger partial charge in [0.15, 0.2) is 6.61 Å². The summed E-state index contributed by atoms with van der Waals surface area (Å²) in [6.45, 7) is 0.405. The predicted octanol–water partition coefficient (Wildman–Crippen LogP) is 5.66. The molecule has 4 aromatic carbocycles. The van der Waals surface area contributed by atoms with E-state index in [1.807, 2.05) is 54.6 Å². The molecule has 0 saturated carbocycles. The number of fused-ring (bicyclic) bond motifs is 1. The zero-order chi connectivity index (χ0) is 25.3. The molecule has 0 atom stereocenters. The van der Waals surface area contributed by atoms with Crippen molar-refractivity contribution in [1.82, 2.24) is 10.9 Å². The van der Waals surface area contributed by atoms with Gasteiger partial charge in [-0.1, -0.05) is 52.3 Å². The number of benzene rings is 4. The van der Waals surface area contributed by atoms with Crippen LogP contribution in [0.25, 0.3) is 10.8 Å². The minimum Gasteiger partial charge on any atom is -0.490 e. The Kier molecular flexibility index (Phi) is 8.80. The topological polar surface area (TPSA) is 85.9 Å². The fourth-order valence-electron chi connectivity index (χ4n) is 3.30. The summed E-state index contributed by atoms with van der Waals surface area (Å²) in [6, 6.07) is 25.6. The summed E-state index contributed by atoms with van der Waals surface area (Å²) in [4.78, 5) is 24.7. The van der Waals surface area contributed by atoms with E-state index in [9.17, 15) is 9.59 Å². The van der Waals surface area contributed by atoms with Gasteiger partial charge in [0, 0.05) is 10.0 Å². The van der Waals surface area contributed by atoms with Gasteiger partial charge in [0.2, 0.25) is 0 Å². The van der Waals surface area contributed by atoms with Crippen molar-refractivity contribution in [2.75, 3.05) is 19.8 Å². The van der Waals surface area contributed by atoms with Crippen molar-refractivity contribution < 1.29 is 23.8 Å². The predicted molar refractivity (Wildman–Crippen MR) is 144 cm³/mol. The van der Waals surface area contributed by atoms with Gasteiger partial charge in [-0.3, -0.25) is 20.4 Å². The lowest BCUT2D eigenvalue weighted by atomic mass is 10.1. The number of hydrogen-bond acceptors (Lipinski definition) is 5. The lowest BCUT2D eigenvalue weighted by Gasteiger charge is -2.12. The molecule has 0 radical (unpaired) electrons. The smallest absolute Gasteiger partial charge is 0.276 e. The molecule has 0 fully saturated rings. The average Bonchev–Trinajstić information content (AvgIpc) is 2.90. The van der Waals surface area contributed by atoms with Crippen molar-refractivity contribution in [2.24, 2.45) is 0 Å². The molecule has 0 heterocycles. The number of hydrazine groups is 1. The number of amides is 2. The Hall–Kier alpha value is -3.56. The highest BCUT2D eigenvalue weighted by Crippen LogP contribution is 2.34. The molecular weight excluding hydrogens is 592 g/mol. The number of nitrogens with one attached hydrogen (secondary N) is 2. The largest absolute Gasteiger partial charge is 0.490 e. The van der Waals surface area contributed by atoms with E-state index in [1.165, 1.54) is 0 Å². The molecule has 2 N–H and O–H groups in total. The van der Waals surface area contributed by atoms with Gasteiger partial charge in [0.05, 0.1) is 4.47 Å². The van der Waals surface area contributed by atoms with E-state index in [0.29, 0.717) is 30.3 Å². The number of hydrogen-bond donors (Lipinski definition) is 2. The first-order chi connectivity index (χ1) is 17.5. The number of carbonyl (C=O) groups excluding carboxylic acids is 2. The zero-order valence-corrected chi connectivity index (χ0v) is 22.2. The lowest BCUT2D eigenvalue weighted by Crippen LogP contribution is -2.43. The first-order valence-corrected chi connectivity index (χ1v) is 12.6. The van der Waals surface area contributed by atoms with E-state index < -0.39 is 11.8 Å². The average molecular weight is 614 g/mol. The van der Waals surface area contributed by atoms with Gasteiger partial charge in [-0.05, 0) is 75.2 Å². The van der Waals surface area contributed by atoms with Gasteiger partial charge >= 0.3 is 0 Å². The van der Waals surface area contributed by atoms with E-state index in [0.717, 1.165) is 25.5 Å². The number of rotatable bonds is 9. The molecule has 2 amide bonds. The summed E-state index contributed by atoms with van der Waals surface area (Å²) in [5.74, 6) is 0.813. The Balaban J connectivity index is 1.23. The summed E-state index contributed by atoms with van der Waals surface area (Å²) in [5.41, 5.74) is 5.08. The van der Waals surface area contributed by atoms with E-state index in [4.69, 9.17) is 14.2 Å². The molecule has 0 spiro atoms. The molecule has 0 unspecified atom stereocenters. The monoisotopic (exact) mass is 612 g/mol. The molecule has 9 heteroatoms. The van der Waals surface area contributed by atoms with Gasteiger partial charge in [-0.2, -0.15) is 0 Å². The minimum atomic E-state index is -0.503. The van der Waals surface area contributed by atoms with Crippen LogP contribution in [0.4, 0.5) is 0 Å². The Morgan fingerprint density at radius 2 is 1.47 bits per heavy atom. The normalized spacial score (nSPS) is 10.5. The second-order valence-electron chi connectivity index (χ2n) is 7.57. The first-order valence-electron chi connectivity index (χ1n) is 11.0. The fraction of sp³-hybridized carbons (Fsp3) is 0.111. The molecule has 7 nitrogen and oxygen atoms in total. The van der Waals surface area contributed by atoms with Crippen molar-refractivity contribution in [1.29, 1.82) is 0 Å². The van der Waals surface area contributed by atoms with Gasteiger partial charge in [0.1, 0.15) is 30.5 Å². The molecule has 4 rings (SSSR count). The molecule has 0 saturated heterocycles. The highest BCUT2D eigenvalue weighted by Gasteiger charge is 2.11. The van der Waals surface area contributed by atoms with Crippen LogP contribution in [-0.4, -0.2) is 31.6 Å². The van der Waals surface area contributed by atoms with Crippen molar-refractivity contribution in [2.45, 2.75) is 0 Å². The molecule has 0 aliphatic heterocycles. The molecule has 0 bridgehead atoms. The van der Waals surface area contributed by atoms with Crippen LogP contribution in [0.5, 0.6) is 17.2 Å². The third-order valence-electron chi connectivity index (χ3n) is 5.02. The molecule has 36 heavy (non-hydrogen) atoms. The molecule has 4 aromatic rings. The Bertz CT molecular complexity index is 1370. The third kappa shape index (κ3) is 6.99. The van der Waals surface area contributed by atoms with Crippen LogP contribution in [0.15, 0.2) is 93.9 Å². The molecule has 0 aliphatic carbocycles. The Labute approximate surface area is 225 Å². The molecular formula is C27H22Br2N2O5. The van der Waals surface area contributed by atoms with Crippen LogP contribution in [0.1, 0.15) is 10.4 Å². The maximum atomic E-state index is 12.5. The van der Waals surface area contributed by atoms with E-state index >= 15 is 0 Å². The molecule has 0 aliphatic rings. The first kappa shape index (κ1) is 25.5. The third-order valence-corrected chi connectivity index (χ3v) is 6.33. The number of carbonyl (C=O) groups is 2. The highest BCUT2D eigenvalue weighted by molar-refractivity contribution is 9.11. The Morgan fingerprint density at radius 1 is 0.722 bits per heavy atom. The number of para-hydroxylation sites is 1. The number of ether oxygens (including phenoxy) is 3. The van der Waals surface area contributed by atoms with Crippen LogP contribution in [0.2, 0.25) is 0 Å². The van der Waals surface area contributed by atoms with E-state index in [2.05, 4.69) is 42.7 Å². The van der Waals surface area contributed by atoms with Crippen molar-refractivity contribution >= 4 is 54.4 Å². The molecule has 0 aromatic heterocycles. The van der Waals surface area contributed by atoms with E-state index in [-0.39, 0.29) is 6.61 Å². The van der Waals surface area contributed by atoms with Gasteiger partial charge < -0.3 is 14.2 Å². The maximum Gasteiger partial charge on any atom is 0.276 e. The highest BCUT2D eigenvalue weighted by atomic mass is 79.9. The standard InChI is InChI=1S/C27H22Br2N2O5/c28-20-10-11-23-18(15-20)9-12-24(26(23)29)36-17-25(32)30-31-27(33)19-5-4-8-22(16-19)35-14-13-34-21-6-2-1-3-7-21/h1-12,15-16H,13-14,17H2,(H,30,32)(H,31,33). The quantitative estimate of drug-likeness (QED) is 0.188. The Morgan fingerprint density at radius 3 is 2.28 bits per heavy atom. The summed E-state index contributed by atoms with van der Waals surface area (Å²) < 4.78 is 18.6. The van der Waals surface area contributed by atoms with Crippen molar-refractivity contribution in [3.63, 3.8) is 0 Å². The van der Waals surface area contributed by atoms with Crippen LogP contribution < -0.4 is 25.1 Å². The SMILES string of the molecule is O=C(COc1ccc2cc(Br)ccc2c1Br)NNC(=O)c1cccc(OCCOc2ccccc2)c1. The zero-order valence-electron chi connectivity index (χ0n) is 19.0. The van der Waals surface area contributed by atoms with Crippen LogP contribution in [-0.2, 0) is 4.79 Å². The minimum absolute atomic E-state index is 0.272. The van der Waals surface area contributed by atoms with E-state index in [1.54, 1.807) is 30.3 Å². The van der Waals surface area contributed by atoms with Crippen LogP contribution in [0, 0.1) is 0 Å². The summed E-state index contributed by atoms with van der Waals surface area (Å²) in [6.07, 6.45) is 0. The lowest BCUT2D eigenvalue weighted by molar-refractivity contribution is -0.123. The fourth-order valence-corrected chi connectivity index (χ4v) is 4.28. The summed E-state index contributed by atoms with van der Waals surface area (Å²) in [7, 11) is 0. The van der Waals surface area contributed by atoms with Gasteiger partial charge in [-0.15, -0.1) is 0 Å². The van der Waals surface area contributed by atoms with Crippen molar-refractivity contribution in [3.05, 3.63) is 99.4 Å². The molecule has 184 valence electrons. The summed E-state index contributed by atoms with van der Waals surface area (Å²) in [5, 5.41) is 1.98. The number of halogens is 2. The summed E-state index contributed by atoms with van der Waals surface area (Å²) >= 11 is 6.98.